The van der Waals surface area contributed by atoms with Crippen LogP contribution in [0.15, 0.2) is 53.8 Å². The number of rotatable bonds is 8. The summed E-state index contributed by atoms with van der Waals surface area (Å²) in [6.45, 7) is 3.93. The number of nitrogens with zero attached hydrogens (tertiary/aromatic N) is 4. The summed E-state index contributed by atoms with van der Waals surface area (Å²) in [6, 6.07) is 9.94. The number of esters is 1. The Hall–Kier alpha value is -3.10. The molecule has 0 aliphatic heterocycles. The van der Waals surface area contributed by atoms with Crippen LogP contribution < -0.4 is 4.74 Å². The number of carbonyl (C=O) groups is 1. The Balaban J connectivity index is 1.62. The van der Waals surface area contributed by atoms with Gasteiger partial charge in [0.25, 0.3) is 0 Å². The van der Waals surface area contributed by atoms with Gasteiger partial charge >= 0.3 is 5.97 Å². The van der Waals surface area contributed by atoms with Crippen LogP contribution >= 0.6 is 23.4 Å². The van der Waals surface area contributed by atoms with Crippen LogP contribution in [0.1, 0.15) is 18.2 Å². The molecule has 0 aliphatic rings. The molecule has 0 unspecified atom stereocenters. The van der Waals surface area contributed by atoms with Crippen molar-refractivity contribution in [2.75, 3.05) is 12.4 Å². The number of aromatic nitrogens is 4. The number of halogens is 1. The third-order valence-electron chi connectivity index (χ3n) is 5.01. The third-order valence-corrected chi connectivity index (χ3v) is 6.37. The highest BCUT2D eigenvalue weighted by Gasteiger charge is 2.15. The van der Waals surface area contributed by atoms with E-state index in [0.29, 0.717) is 23.1 Å². The van der Waals surface area contributed by atoms with Crippen LogP contribution in [0.3, 0.4) is 0 Å². The summed E-state index contributed by atoms with van der Waals surface area (Å²) in [5.41, 5.74) is 4.55. The van der Waals surface area contributed by atoms with E-state index in [-0.39, 0.29) is 12.6 Å². The van der Waals surface area contributed by atoms with Crippen molar-refractivity contribution in [2.45, 2.75) is 25.3 Å². The van der Waals surface area contributed by atoms with E-state index in [1.165, 1.54) is 18.7 Å². The maximum Gasteiger partial charge on any atom is 0.302 e. The minimum absolute atomic E-state index is 0.257. The van der Waals surface area contributed by atoms with E-state index in [0.717, 1.165) is 38.3 Å². The molecule has 4 rings (SSSR count). The molecule has 33 heavy (non-hydrogen) atoms. The molecular weight excluding hydrogens is 460 g/mol. The first-order valence-electron chi connectivity index (χ1n) is 10.3. The summed E-state index contributed by atoms with van der Waals surface area (Å²) >= 11 is 7.96. The highest BCUT2D eigenvalue weighted by Crippen LogP contribution is 2.34. The van der Waals surface area contributed by atoms with Gasteiger partial charge in [-0.15, -0.1) is 11.8 Å². The van der Waals surface area contributed by atoms with Gasteiger partial charge in [0.2, 0.25) is 0 Å². The Morgan fingerprint density at radius 2 is 2.09 bits per heavy atom. The summed E-state index contributed by atoms with van der Waals surface area (Å²) in [6.07, 6.45) is 5.13. The van der Waals surface area contributed by atoms with Crippen LogP contribution in [-0.2, 0) is 23.2 Å². The number of para-hydroxylation sites is 1. The van der Waals surface area contributed by atoms with Crippen molar-refractivity contribution in [1.82, 2.24) is 19.7 Å². The molecule has 4 aromatic rings. The van der Waals surface area contributed by atoms with Crippen molar-refractivity contribution in [1.29, 1.82) is 0 Å². The maximum atomic E-state index is 11.0. The quantitative estimate of drug-likeness (QED) is 0.193. The monoisotopic (exact) mass is 482 g/mol. The summed E-state index contributed by atoms with van der Waals surface area (Å²) in [5.74, 6) is 0.966. The topological polar surface area (TPSA) is 79.1 Å². The lowest BCUT2D eigenvalue weighted by molar-refractivity contribution is -0.140. The van der Waals surface area contributed by atoms with Crippen LogP contribution in [0.2, 0.25) is 5.02 Å². The van der Waals surface area contributed by atoms with Gasteiger partial charge in [-0.05, 0) is 25.1 Å². The molecule has 170 valence electrons. The molecule has 0 radical (unpaired) electrons. The molecule has 3 heterocycles. The molecule has 0 fully saturated rings. The van der Waals surface area contributed by atoms with Gasteiger partial charge in [-0.3, -0.25) is 14.5 Å². The minimum atomic E-state index is -0.299. The van der Waals surface area contributed by atoms with Gasteiger partial charge in [-0.25, -0.2) is 4.98 Å². The fourth-order valence-corrected chi connectivity index (χ4v) is 4.65. The molecule has 0 amide bonds. The lowest BCUT2D eigenvalue weighted by Gasteiger charge is -2.15. The number of carbonyl (C=O) groups excluding carboxylic acids is 1. The number of fused-ring (bicyclic) bond motifs is 1. The lowest BCUT2D eigenvalue weighted by atomic mass is 10.0. The average Bonchev–Trinajstić information content (AvgIpc) is 3.21. The molecule has 0 bridgehead atoms. The molecule has 0 N–H and O–H groups in total. The van der Waals surface area contributed by atoms with Crippen LogP contribution in [0.5, 0.6) is 5.75 Å². The Labute approximate surface area is 201 Å². The first-order chi connectivity index (χ1) is 15.9. The Bertz CT molecular complexity index is 1310. The number of benzene rings is 1. The Morgan fingerprint density at radius 1 is 1.24 bits per heavy atom. The normalized spacial score (nSPS) is 11.0. The fraction of sp³-hybridized carbons (Fsp3) is 0.250. The van der Waals surface area contributed by atoms with Crippen LogP contribution in [-0.4, -0.2) is 38.1 Å². The molecule has 3 aromatic heterocycles. The zero-order valence-electron chi connectivity index (χ0n) is 18.5. The van der Waals surface area contributed by atoms with Gasteiger partial charge in [0.1, 0.15) is 24.5 Å². The second-order valence-electron chi connectivity index (χ2n) is 7.38. The molecule has 0 saturated heterocycles. The van der Waals surface area contributed by atoms with Crippen LogP contribution in [0.25, 0.3) is 22.2 Å². The molecular formula is C24H23ClN4O3S. The zero-order chi connectivity index (χ0) is 23.4. The summed E-state index contributed by atoms with van der Waals surface area (Å²) < 4.78 is 13.1. The molecule has 0 saturated carbocycles. The third kappa shape index (κ3) is 5.29. The molecule has 9 heteroatoms. The number of hydrogen-bond donors (Lipinski definition) is 0. The summed E-state index contributed by atoms with van der Waals surface area (Å²) in [5, 5.41) is 5.81. The van der Waals surface area contributed by atoms with E-state index in [1.807, 2.05) is 42.9 Å². The average molecular weight is 483 g/mol. The van der Waals surface area contributed by atoms with Gasteiger partial charge in [0.05, 0.1) is 10.7 Å². The van der Waals surface area contributed by atoms with Gasteiger partial charge in [0.15, 0.2) is 0 Å². The number of aryl methyl sites for hydroxylation is 2. The second kappa shape index (κ2) is 10.2. The SMILES string of the molecule is CC(=O)OCCSc1cncc(Cl)c1COc1cccc2c(-c3ccnn3C)cc(C)nc12. The van der Waals surface area contributed by atoms with Crippen LogP contribution in [0, 0.1) is 6.92 Å². The largest absolute Gasteiger partial charge is 0.487 e. The minimum Gasteiger partial charge on any atom is -0.487 e. The van der Waals surface area contributed by atoms with Crippen molar-refractivity contribution in [3.05, 3.63) is 65.2 Å². The standard InChI is InChI=1S/C24H23ClN4O3S/c1-15-11-18(21-7-8-27-29(21)3)17-5-4-6-22(24(17)28-15)32-14-19-20(25)12-26-13-23(19)33-10-9-31-16(2)30/h4-8,11-13H,9-10,14H2,1-3H3. The van der Waals surface area contributed by atoms with E-state index in [2.05, 4.69) is 16.1 Å². The van der Waals surface area contributed by atoms with E-state index < -0.39 is 0 Å². The molecule has 0 spiro atoms. The van der Waals surface area contributed by atoms with Gasteiger partial charge in [-0.1, -0.05) is 23.7 Å². The molecule has 1 aromatic carbocycles. The van der Waals surface area contributed by atoms with E-state index in [1.54, 1.807) is 18.6 Å². The number of pyridine rings is 2. The maximum absolute atomic E-state index is 11.0. The highest BCUT2D eigenvalue weighted by atomic mass is 35.5. The van der Waals surface area contributed by atoms with Gasteiger partial charge < -0.3 is 9.47 Å². The van der Waals surface area contributed by atoms with E-state index >= 15 is 0 Å². The van der Waals surface area contributed by atoms with Crippen molar-refractivity contribution in [3.8, 4) is 17.0 Å². The predicted molar refractivity (Wildman–Crippen MR) is 130 cm³/mol. The van der Waals surface area contributed by atoms with E-state index in [4.69, 9.17) is 26.1 Å². The Morgan fingerprint density at radius 3 is 2.85 bits per heavy atom. The van der Waals surface area contributed by atoms with E-state index in [9.17, 15) is 4.79 Å². The highest BCUT2D eigenvalue weighted by molar-refractivity contribution is 7.99. The number of hydrogen-bond acceptors (Lipinski definition) is 7. The molecule has 0 atom stereocenters. The number of ether oxygens (including phenoxy) is 2. The Kier molecular flexibility index (Phi) is 7.15. The van der Waals surface area contributed by atoms with Crippen molar-refractivity contribution < 1.29 is 14.3 Å². The van der Waals surface area contributed by atoms with Gasteiger partial charge in [-0.2, -0.15) is 5.10 Å². The molecule has 0 aliphatic carbocycles. The van der Waals surface area contributed by atoms with Gasteiger partial charge in [0, 0.05) is 65.4 Å². The smallest absolute Gasteiger partial charge is 0.302 e. The van der Waals surface area contributed by atoms with Crippen molar-refractivity contribution >= 4 is 40.2 Å². The van der Waals surface area contributed by atoms with Crippen molar-refractivity contribution in [3.63, 3.8) is 0 Å². The second-order valence-corrected chi connectivity index (χ2v) is 8.92. The lowest BCUT2D eigenvalue weighted by Crippen LogP contribution is -2.04. The molecule has 7 nitrogen and oxygen atoms in total. The zero-order valence-corrected chi connectivity index (χ0v) is 20.1. The first kappa shape index (κ1) is 23.1. The first-order valence-corrected chi connectivity index (χ1v) is 11.7. The number of thioether (sulfide) groups is 1. The summed E-state index contributed by atoms with van der Waals surface area (Å²) in [7, 11) is 1.92. The summed E-state index contributed by atoms with van der Waals surface area (Å²) in [4.78, 5) is 20.8. The van der Waals surface area contributed by atoms with Crippen molar-refractivity contribution in [2.24, 2.45) is 7.05 Å². The predicted octanol–water partition coefficient (Wildman–Crippen LogP) is 5.23. The fourth-order valence-electron chi connectivity index (χ4n) is 3.51. The van der Waals surface area contributed by atoms with Crippen LogP contribution in [0.4, 0.5) is 0 Å².